The van der Waals surface area contributed by atoms with Gasteiger partial charge in [-0.25, -0.2) is 4.79 Å². The van der Waals surface area contributed by atoms with Crippen LogP contribution in [-0.4, -0.2) is 28.9 Å². The molecule has 0 aromatic heterocycles. The van der Waals surface area contributed by atoms with E-state index in [2.05, 4.69) is 29.2 Å². The van der Waals surface area contributed by atoms with Crippen LogP contribution >= 0.6 is 0 Å². The van der Waals surface area contributed by atoms with Crippen molar-refractivity contribution in [1.29, 1.82) is 0 Å². The number of carbonyl (C=O) groups excluding carboxylic acids is 1. The molecule has 0 radical (unpaired) electrons. The molecule has 1 fully saturated rings. The molecule has 0 saturated carbocycles. The summed E-state index contributed by atoms with van der Waals surface area (Å²) in [6.45, 7) is 1.88. The molecule has 2 aromatic rings. The Morgan fingerprint density at radius 2 is 1.68 bits per heavy atom. The lowest BCUT2D eigenvalue weighted by molar-refractivity contribution is -0.384. The number of ether oxygens (including phenoxy) is 1. The van der Waals surface area contributed by atoms with E-state index in [0.717, 1.165) is 50.2 Å². The Hall–Kier alpha value is -3.15. The maximum atomic E-state index is 12.5. The monoisotopic (exact) mass is 378 g/mol. The van der Waals surface area contributed by atoms with E-state index in [0.29, 0.717) is 11.5 Å². The van der Waals surface area contributed by atoms with Crippen LogP contribution in [0.3, 0.4) is 0 Å². The van der Waals surface area contributed by atoms with Gasteiger partial charge in [-0.2, -0.15) is 0 Å². The highest BCUT2D eigenvalue weighted by molar-refractivity contribution is 5.90. The molecule has 2 aliphatic rings. The number of hydrogen-bond acceptors (Lipinski definition) is 5. The second-order valence-corrected chi connectivity index (χ2v) is 7.28. The molecule has 4 rings (SSSR count). The number of non-ortho nitro benzene ring substituents is 1. The number of carbonyl (C=O) groups is 1. The minimum absolute atomic E-state index is 0.0401. The second kappa shape index (κ2) is 7.84. The van der Waals surface area contributed by atoms with Gasteiger partial charge in [-0.1, -0.05) is 30.3 Å². The number of nitro benzene ring substituents is 1. The van der Waals surface area contributed by atoms with Crippen LogP contribution in [0.5, 0.6) is 0 Å². The zero-order valence-electron chi connectivity index (χ0n) is 15.5. The van der Waals surface area contributed by atoms with Crippen molar-refractivity contribution < 1.29 is 14.5 Å². The molecule has 0 bridgehead atoms. The lowest BCUT2D eigenvalue weighted by atomic mass is 9.89. The lowest BCUT2D eigenvalue weighted by Crippen LogP contribution is -2.45. The van der Waals surface area contributed by atoms with Gasteiger partial charge in [0.1, 0.15) is 5.76 Å². The van der Waals surface area contributed by atoms with Crippen LogP contribution in [-0.2, 0) is 4.74 Å². The molecule has 28 heavy (non-hydrogen) atoms. The third-order valence-corrected chi connectivity index (χ3v) is 5.45. The van der Waals surface area contributed by atoms with E-state index >= 15 is 0 Å². The molecular weight excluding hydrogens is 356 g/mol. The first kappa shape index (κ1) is 18.2. The first-order valence-corrected chi connectivity index (χ1v) is 9.60. The van der Waals surface area contributed by atoms with Crippen molar-refractivity contribution in [3.63, 3.8) is 0 Å². The summed E-state index contributed by atoms with van der Waals surface area (Å²) in [5.74, 6) is 0.813. The van der Waals surface area contributed by atoms with Crippen LogP contribution in [0.15, 0.2) is 66.1 Å². The van der Waals surface area contributed by atoms with Crippen molar-refractivity contribution >= 4 is 11.7 Å². The van der Waals surface area contributed by atoms with Crippen LogP contribution < -0.4 is 0 Å². The van der Waals surface area contributed by atoms with Crippen molar-refractivity contribution in [2.75, 3.05) is 13.1 Å². The fraction of sp³-hybridized carbons (Fsp3) is 0.318. The number of allylic oxidation sites excluding steroid dienone is 2. The Morgan fingerprint density at radius 1 is 1.00 bits per heavy atom. The molecule has 0 spiro atoms. The first-order chi connectivity index (χ1) is 13.6. The molecular formula is C22H22N2O4. The average molecular weight is 378 g/mol. The van der Waals surface area contributed by atoms with Crippen LogP contribution in [0.25, 0.3) is 0 Å². The average Bonchev–Trinajstić information content (AvgIpc) is 2.69. The normalized spacial score (nSPS) is 17.2. The summed E-state index contributed by atoms with van der Waals surface area (Å²) in [5.41, 5.74) is 2.77. The molecule has 1 saturated heterocycles. The van der Waals surface area contributed by atoms with Crippen LogP contribution in [0.2, 0.25) is 0 Å². The van der Waals surface area contributed by atoms with Gasteiger partial charge in [-0.3, -0.25) is 10.1 Å². The van der Waals surface area contributed by atoms with Crippen LogP contribution in [0.1, 0.15) is 47.5 Å². The highest BCUT2D eigenvalue weighted by atomic mass is 16.6. The molecule has 1 heterocycles. The van der Waals surface area contributed by atoms with Crippen molar-refractivity contribution in [3.8, 4) is 0 Å². The Labute approximate surface area is 163 Å². The van der Waals surface area contributed by atoms with Gasteiger partial charge in [0.15, 0.2) is 0 Å². The molecule has 6 nitrogen and oxygen atoms in total. The maximum absolute atomic E-state index is 12.5. The maximum Gasteiger partial charge on any atom is 0.343 e. The zero-order valence-corrected chi connectivity index (χ0v) is 15.5. The smallest absolute Gasteiger partial charge is 0.343 e. The van der Waals surface area contributed by atoms with Gasteiger partial charge in [-0.15, -0.1) is 0 Å². The summed E-state index contributed by atoms with van der Waals surface area (Å²) in [6.07, 6.45) is 3.77. The largest absolute Gasteiger partial charge is 0.426 e. The molecule has 2 aromatic carbocycles. The van der Waals surface area contributed by atoms with Gasteiger partial charge in [0.05, 0.1) is 16.2 Å². The summed E-state index contributed by atoms with van der Waals surface area (Å²) in [6, 6.07) is 16.0. The number of esters is 1. The summed E-state index contributed by atoms with van der Waals surface area (Å²) >= 11 is 0. The molecule has 144 valence electrons. The minimum Gasteiger partial charge on any atom is -0.426 e. The van der Waals surface area contributed by atoms with Gasteiger partial charge in [0.2, 0.25) is 0 Å². The predicted octanol–water partition coefficient (Wildman–Crippen LogP) is 4.64. The van der Waals surface area contributed by atoms with Crippen molar-refractivity contribution in [2.24, 2.45) is 0 Å². The number of hydrogen-bond donors (Lipinski definition) is 0. The Balaban J connectivity index is 1.45. The summed E-state index contributed by atoms with van der Waals surface area (Å²) in [4.78, 5) is 25.1. The fourth-order valence-electron chi connectivity index (χ4n) is 3.83. The fourth-order valence-corrected chi connectivity index (χ4v) is 3.83. The van der Waals surface area contributed by atoms with Crippen molar-refractivity contribution in [1.82, 2.24) is 4.90 Å². The van der Waals surface area contributed by atoms with Crippen LogP contribution in [0.4, 0.5) is 5.69 Å². The van der Waals surface area contributed by atoms with Crippen molar-refractivity contribution in [2.45, 2.75) is 31.6 Å². The third-order valence-electron chi connectivity index (χ3n) is 5.45. The van der Waals surface area contributed by atoms with E-state index in [-0.39, 0.29) is 5.69 Å². The molecule has 0 amide bonds. The SMILES string of the molecule is O=C(OC1=C(N2CC(c3ccccc3)C2)CCCC1)c1ccc([N+](=O)[O-])cc1. The van der Waals surface area contributed by atoms with E-state index in [4.69, 9.17) is 4.74 Å². The predicted molar refractivity (Wildman–Crippen MR) is 105 cm³/mol. The Morgan fingerprint density at radius 3 is 2.36 bits per heavy atom. The number of nitro groups is 1. The lowest BCUT2D eigenvalue weighted by Gasteiger charge is -2.44. The first-order valence-electron chi connectivity index (χ1n) is 9.60. The van der Waals surface area contributed by atoms with Gasteiger partial charge in [0.25, 0.3) is 5.69 Å². The van der Waals surface area contributed by atoms with Crippen molar-refractivity contribution in [3.05, 3.63) is 87.3 Å². The molecule has 0 unspecified atom stereocenters. The number of likely N-dealkylation sites (tertiary alicyclic amines) is 1. The van der Waals surface area contributed by atoms with Gasteiger partial charge in [0, 0.05) is 37.6 Å². The van der Waals surface area contributed by atoms with E-state index in [1.807, 2.05) is 6.07 Å². The van der Waals surface area contributed by atoms with E-state index in [1.54, 1.807) is 0 Å². The number of rotatable bonds is 5. The summed E-state index contributed by atoms with van der Waals surface area (Å²) in [7, 11) is 0. The molecule has 1 aliphatic heterocycles. The Bertz CT molecular complexity index is 900. The van der Waals surface area contributed by atoms with Gasteiger partial charge in [-0.05, 0) is 37.0 Å². The highest BCUT2D eigenvalue weighted by Gasteiger charge is 2.32. The topological polar surface area (TPSA) is 72.7 Å². The zero-order chi connectivity index (χ0) is 19.5. The quantitative estimate of drug-likeness (QED) is 0.431. The van der Waals surface area contributed by atoms with Gasteiger partial charge < -0.3 is 9.64 Å². The van der Waals surface area contributed by atoms with Crippen LogP contribution in [0, 0.1) is 10.1 Å². The standard InChI is InChI=1S/C22H22N2O4/c25-22(17-10-12-19(13-11-17)24(26)27)28-21-9-5-4-8-20(21)23-14-18(15-23)16-6-2-1-3-7-16/h1-3,6-7,10-13,18H,4-5,8-9,14-15H2. The number of nitrogens with zero attached hydrogens (tertiary/aromatic N) is 2. The second-order valence-electron chi connectivity index (χ2n) is 7.28. The molecule has 6 heteroatoms. The molecule has 0 atom stereocenters. The summed E-state index contributed by atoms with van der Waals surface area (Å²) in [5, 5.41) is 10.8. The minimum atomic E-state index is -0.482. The molecule has 1 aliphatic carbocycles. The number of benzene rings is 2. The molecule has 0 N–H and O–H groups in total. The van der Waals surface area contributed by atoms with E-state index < -0.39 is 10.9 Å². The van der Waals surface area contributed by atoms with Gasteiger partial charge >= 0.3 is 5.97 Å². The Kier molecular flexibility index (Phi) is 5.10. The highest BCUT2D eigenvalue weighted by Crippen LogP contribution is 2.36. The van der Waals surface area contributed by atoms with E-state index in [1.165, 1.54) is 29.8 Å². The van der Waals surface area contributed by atoms with E-state index in [9.17, 15) is 14.9 Å². The third kappa shape index (κ3) is 3.76. The summed E-state index contributed by atoms with van der Waals surface area (Å²) < 4.78 is 5.72.